The molecule has 2 rings (SSSR count). The van der Waals surface area contributed by atoms with Gasteiger partial charge in [0, 0.05) is 18.7 Å². The Kier molecular flexibility index (Phi) is 4.77. The van der Waals surface area contributed by atoms with Crippen molar-refractivity contribution in [2.24, 2.45) is 0 Å². The second kappa shape index (κ2) is 6.75. The first kappa shape index (κ1) is 14.1. The van der Waals surface area contributed by atoms with Gasteiger partial charge in [0.15, 0.2) is 0 Å². The highest BCUT2D eigenvalue weighted by Gasteiger charge is 2.14. The molecule has 3 nitrogen and oxygen atoms in total. The third-order valence-corrected chi connectivity index (χ3v) is 3.20. The average molecular weight is 269 g/mol. The summed E-state index contributed by atoms with van der Waals surface area (Å²) < 4.78 is 5.17. The van der Waals surface area contributed by atoms with Gasteiger partial charge in [0.25, 0.3) is 5.91 Å². The van der Waals surface area contributed by atoms with Crippen molar-refractivity contribution in [3.8, 4) is 5.75 Å². The normalized spacial score (nSPS) is 10.1. The van der Waals surface area contributed by atoms with E-state index in [-0.39, 0.29) is 5.91 Å². The van der Waals surface area contributed by atoms with E-state index < -0.39 is 0 Å². The number of rotatable bonds is 5. The fourth-order valence-corrected chi connectivity index (χ4v) is 2.07. The van der Waals surface area contributed by atoms with Crippen molar-refractivity contribution in [3.63, 3.8) is 0 Å². The van der Waals surface area contributed by atoms with Gasteiger partial charge in [-0.2, -0.15) is 0 Å². The van der Waals surface area contributed by atoms with Crippen LogP contribution in [0, 0.1) is 0 Å². The van der Waals surface area contributed by atoms with E-state index in [0.717, 1.165) is 5.56 Å². The molecule has 0 saturated heterocycles. The number of amides is 1. The lowest BCUT2D eigenvalue weighted by atomic mass is 10.1. The molecule has 0 radical (unpaired) electrons. The van der Waals surface area contributed by atoms with Crippen LogP contribution in [0.15, 0.2) is 54.6 Å². The first-order chi connectivity index (χ1) is 9.74. The molecule has 0 saturated carbocycles. The molecule has 0 N–H and O–H groups in total. The van der Waals surface area contributed by atoms with Gasteiger partial charge in [0.1, 0.15) is 5.75 Å². The predicted molar refractivity (Wildman–Crippen MR) is 79.9 cm³/mol. The maximum absolute atomic E-state index is 12.5. The van der Waals surface area contributed by atoms with Crippen LogP contribution < -0.4 is 4.74 Å². The van der Waals surface area contributed by atoms with Crippen molar-refractivity contribution in [1.82, 2.24) is 4.90 Å². The van der Waals surface area contributed by atoms with Gasteiger partial charge in [-0.3, -0.25) is 4.79 Å². The number of carbonyl (C=O) groups excluding carboxylic acids is 1. The van der Waals surface area contributed by atoms with Crippen molar-refractivity contribution >= 4 is 5.91 Å². The highest BCUT2D eigenvalue weighted by atomic mass is 16.5. The van der Waals surface area contributed by atoms with E-state index in [0.29, 0.717) is 24.4 Å². The second-order valence-electron chi connectivity index (χ2n) is 4.54. The van der Waals surface area contributed by atoms with Crippen LogP contribution in [0.4, 0.5) is 0 Å². The lowest BCUT2D eigenvalue weighted by molar-refractivity contribution is 0.0752. The Bertz CT molecular complexity index is 566. The number of benzene rings is 2. The van der Waals surface area contributed by atoms with Gasteiger partial charge in [-0.25, -0.2) is 0 Å². The zero-order valence-electron chi connectivity index (χ0n) is 11.9. The van der Waals surface area contributed by atoms with Crippen LogP contribution in [0.3, 0.4) is 0 Å². The molecule has 20 heavy (non-hydrogen) atoms. The molecule has 104 valence electrons. The molecular formula is C17H19NO2. The van der Waals surface area contributed by atoms with Crippen molar-refractivity contribution in [3.05, 3.63) is 65.7 Å². The zero-order valence-corrected chi connectivity index (χ0v) is 11.9. The molecule has 0 aliphatic heterocycles. The smallest absolute Gasteiger partial charge is 0.254 e. The number of hydrogen-bond acceptors (Lipinski definition) is 2. The quantitative estimate of drug-likeness (QED) is 0.833. The topological polar surface area (TPSA) is 29.5 Å². The molecule has 3 heteroatoms. The summed E-state index contributed by atoms with van der Waals surface area (Å²) in [5, 5.41) is 0. The maximum Gasteiger partial charge on any atom is 0.254 e. The second-order valence-corrected chi connectivity index (χ2v) is 4.54. The molecule has 0 heterocycles. The van der Waals surface area contributed by atoms with Crippen LogP contribution in [0.25, 0.3) is 0 Å². The van der Waals surface area contributed by atoms with Gasteiger partial charge in [0.05, 0.1) is 7.11 Å². The molecule has 0 aromatic heterocycles. The van der Waals surface area contributed by atoms with E-state index in [4.69, 9.17) is 4.74 Å². The summed E-state index contributed by atoms with van der Waals surface area (Å²) in [6.45, 7) is 3.28. The largest absolute Gasteiger partial charge is 0.497 e. The van der Waals surface area contributed by atoms with Crippen LogP contribution in [0.2, 0.25) is 0 Å². The molecule has 0 spiro atoms. The lowest BCUT2D eigenvalue weighted by Gasteiger charge is -2.21. The molecule has 0 aliphatic rings. The molecular weight excluding hydrogens is 250 g/mol. The van der Waals surface area contributed by atoms with E-state index in [1.54, 1.807) is 13.2 Å². The maximum atomic E-state index is 12.5. The molecule has 0 atom stereocenters. The Labute approximate surface area is 119 Å². The van der Waals surface area contributed by atoms with Crippen LogP contribution in [0.5, 0.6) is 5.75 Å². The number of methoxy groups -OCH3 is 1. The summed E-state index contributed by atoms with van der Waals surface area (Å²) in [6, 6.07) is 17.3. The Hall–Kier alpha value is -2.29. The number of carbonyl (C=O) groups is 1. The molecule has 0 aliphatic carbocycles. The first-order valence-electron chi connectivity index (χ1n) is 6.72. The van der Waals surface area contributed by atoms with Crippen LogP contribution in [-0.4, -0.2) is 24.5 Å². The summed E-state index contributed by atoms with van der Waals surface area (Å²) in [4.78, 5) is 14.3. The minimum atomic E-state index is 0.0234. The highest BCUT2D eigenvalue weighted by molar-refractivity contribution is 5.94. The Morgan fingerprint density at radius 1 is 1.10 bits per heavy atom. The van der Waals surface area contributed by atoms with Gasteiger partial charge in [-0.1, -0.05) is 36.4 Å². The molecule has 0 unspecified atom stereocenters. The number of ether oxygens (including phenoxy) is 1. The number of hydrogen-bond donors (Lipinski definition) is 0. The van der Waals surface area contributed by atoms with Crippen LogP contribution >= 0.6 is 0 Å². The predicted octanol–water partition coefficient (Wildman–Crippen LogP) is 3.36. The van der Waals surface area contributed by atoms with Gasteiger partial charge in [-0.15, -0.1) is 0 Å². The van der Waals surface area contributed by atoms with Crippen molar-refractivity contribution < 1.29 is 9.53 Å². The highest BCUT2D eigenvalue weighted by Crippen LogP contribution is 2.15. The third-order valence-electron chi connectivity index (χ3n) is 3.20. The fraction of sp³-hybridized carbons (Fsp3) is 0.235. The number of nitrogens with zero attached hydrogens (tertiary/aromatic N) is 1. The zero-order chi connectivity index (χ0) is 14.4. The van der Waals surface area contributed by atoms with Crippen molar-refractivity contribution in [2.45, 2.75) is 13.5 Å². The molecule has 0 fully saturated rings. The van der Waals surface area contributed by atoms with Crippen molar-refractivity contribution in [2.75, 3.05) is 13.7 Å². The van der Waals surface area contributed by atoms with Gasteiger partial charge < -0.3 is 9.64 Å². The summed E-state index contributed by atoms with van der Waals surface area (Å²) in [7, 11) is 1.60. The lowest BCUT2D eigenvalue weighted by Crippen LogP contribution is -2.30. The third kappa shape index (κ3) is 3.38. The Morgan fingerprint density at radius 2 is 1.85 bits per heavy atom. The van der Waals surface area contributed by atoms with E-state index in [1.165, 1.54) is 0 Å². The van der Waals surface area contributed by atoms with Gasteiger partial charge >= 0.3 is 0 Å². The van der Waals surface area contributed by atoms with Gasteiger partial charge in [0.2, 0.25) is 0 Å². The summed E-state index contributed by atoms with van der Waals surface area (Å²) in [5.74, 6) is 0.724. The standard InChI is InChI=1S/C17H19NO2/c1-3-18(13-14-8-5-4-6-9-14)17(19)15-10-7-11-16(12-15)20-2/h4-12H,3,13H2,1-2H3. The summed E-state index contributed by atoms with van der Waals surface area (Å²) >= 11 is 0. The van der Waals surface area contributed by atoms with Crippen molar-refractivity contribution in [1.29, 1.82) is 0 Å². The van der Waals surface area contributed by atoms with E-state index >= 15 is 0 Å². The van der Waals surface area contributed by atoms with E-state index in [1.807, 2.05) is 60.4 Å². The molecule has 0 bridgehead atoms. The summed E-state index contributed by atoms with van der Waals surface area (Å²) in [5.41, 5.74) is 1.78. The first-order valence-corrected chi connectivity index (χ1v) is 6.72. The molecule has 2 aromatic rings. The minimum absolute atomic E-state index is 0.0234. The molecule has 2 aromatic carbocycles. The van der Waals surface area contributed by atoms with Gasteiger partial charge in [-0.05, 0) is 30.7 Å². The summed E-state index contributed by atoms with van der Waals surface area (Å²) in [6.07, 6.45) is 0. The monoisotopic (exact) mass is 269 g/mol. The minimum Gasteiger partial charge on any atom is -0.497 e. The van der Waals surface area contributed by atoms with E-state index in [2.05, 4.69) is 0 Å². The van der Waals surface area contributed by atoms with E-state index in [9.17, 15) is 4.79 Å². The van der Waals surface area contributed by atoms with Crippen LogP contribution in [0.1, 0.15) is 22.8 Å². The Morgan fingerprint density at radius 3 is 2.50 bits per heavy atom. The Balaban J connectivity index is 2.16. The fourth-order valence-electron chi connectivity index (χ4n) is 2.07. The SMILES string of the molecule is CCN(Cc1ccccc1)C(=O)c1cccc(OC)c1. The molecule has 1 amide bonds. The average Bonchev–Trinajstić information content (AvgIpc) is 2.53. The van der Waals surface area contributed by atoms with Crippen LogP contribution in [-0.2, 0) is 6.54 Å².